The van der Waals surface area contributed by atoms with Crippen LogP contribution in [-0.4, -0.2) is 7.11 Å². The summed E-state index contributed by atoms with van der Waals surface area (Å²) in [6.07, 6.45) is 3.60. The summed E-state index contributed by atoms with van der Waals surface area (Å²) in [6.45, 7) is 0. The van der Waals surface area contributed by atoms with Crippen LogP contribution < -0.4 is 0 Å². The molecule has 0 amide bonds. The lowest BCUT2D eigenvalue weighted by atomic mass is 9.75. The van der Waals surface area contributed by atoms with Gasteiger partial charge in [0.05, 0.1) is 5.60 Å². The zero-order chi connectivity index (χ0) is 9.31. The van der Waals surface area contributed by atoms with Crippen molar-refractivity contribution >= 4 is 15.9 Å². The largest absolute Gasteiger partial charge is 0.374 e. The summed E-state index contributed by atoms with van der Waals surface area (Å²) in [4.78, 5) is 0. The van der Waals surface area contributed by atoms with Gasteiger partial charge in [-0.2, -0.15) is 0 Å². The van der Waals surface area contributed by atoms with Gasteiger partial charge in [0.2, 0.25) is 0 Å². The maximum absolute atomic E-state index is 5.58. The van der Waals surface area contributed by atoms with Crippen LogP contribution in [0.1, 0.15) is 24.8 Å². The molecular weight excluding hydrogens is 228 g/mol. The third kappa shape index (κ3) is 1.53. The molecule has 1 nitrogen and oxygen atoms in total. The third-order valence-electron chi connectivity index (χ3n) is 2.92. The molecule has 2 rings (SSSR count). The minimum atomic E-state index is 0.0285. The predicted octanol–water partition coefficient (Wildman–Crippen LogP) is 3.47. The van der Waals surface area contributed by atoms with E-state index in [1.807, 2.05) is 0 Å². The highest BCUT2D eigenvalue weighted by Crippen LogP contribution is 2.44. The standard InChI is InChI=1S/C11H13BrO/c1-13-11(7-2-8-11)9-3-5-10(12)6-4-9/h3-6H,2,7-8H2,1H3. The van der Waals surface area contributed by atoms with Gasteiger partial charge in [-0.15, -0.1) is 0 Å². The summed E-state index contributed by atoms with van der Waals surface area (Å²) in [5.41, 5.74) is 1.34. The van der Waals surface area contributed by atoms with Gasteiger partial charge in [-0.25, -0.2) is 0 Å². The topological polar surface area (TPSA) is 9.23 Å². The Bertz CT molecular complexity index is 282. The van der Waals surface area contributed by atoms with Crippen molar-refractivity contribution in [1.29, 1.82) is 0 Å². The molecule has 1 saturated carbocycles. The van der Waals surface area contributed by atoms with Gasteiger partial charge in [-0.3, -0.25) is 0 Å². The fourth-order valence-corrected chi connectivity index (χ4v) is 2.13. The molecule has 1 fully saturated rings. The van der Waals surface area contributed by atoms with Gasteiger partial charge in [0.15, 0.2) is 0 Å². The van der Waals surface area contributed by atoms with Crippen LogP contribution in [0.5, 0.6) is 0 Å². The molecule has 0 saturated heterocycles. The van der Waals surface area contributed by atoms with E-state index in [4.69, 9.17) is 4.74 Å². The molecule has 1 aliphatic carbocycles. The van der Waals surface area contributed by atoms with E-state index < -0.39 is 0 Å². The fraction of sp³-hybridized carbons (Fsp3) is 0.455. The highest BCUT2D eigenvalue weighted by atomic mass is 79.9. The Morgan fingerprint density at radius 1 is 1.23 bits per heavy atom. The zero-order valence-electron chi connectivity index (χ0n) is 7.72. The number of hydrogen-bond donors (Lipinski definition) is 0. The van der Waals surface area contributed by atoms with Gasteiger partial charge >= 0.3 is 0 Å². The summed E-state index contributed by atoms with van der Waals surface area (Å²) in [5.74, 6) is 0. The first-order valence-corrected chi connectivity index (χ1v) is 5.37. The molecule has 0 bridgehead atoms. The van der Waals surface area contributed by atoms with Crippen LogP contribution in [0.4, 0.5) is 0 Å². The molecule has 0 N–H and O–H groups in total. The molecule has 0 radical (unpaired) electrons. The number of rotatable bonds is 2. The Kier molecular flexibility index (Phi) is 2.43. The molecule has 70 valence electrons. The number of benzene rings is 1. The van der Waals surface area contributed by atoms with Gasteiger partial charge < -0.3 is 4.74 Å². The monoisotopic (exact) mass is 240 g/mol. The lowest BCUT2D eigenvalue weighted by molar-refractivity contribution is -0.0778. The Labute approximate surface area is 87.2 Å². The number of hydrogen-bond acceptors (Lipinski definition) is 1. The Hall–Kier alpha value is -0.340. The van der Waals surface area contributed by atoms with E-state index >= 15 is 0 Å². The van der Waals surface area contributed by atoms with Crippen molar-refractivity contribution in [2.24, 2.45) is 0 Å². The van der Waals surface area contributed by atoms with Crippen molar-refractivity contribution in [2.75, 3.05) is 7.11 Å². The third-order valence-corrected chi connectivity index (χ3v) is 3.45. The average Bonchev–Trinajstić information content (AvgIpc) is 2.07. The lowest BCUT2D eigenvalue weighted by Crippen LogP contribution is -2.35. The maximum Gasteiger partial charge on any atom is 0.0927 e. The van der Waals surface area contributed by atoms with Gasteiger partial charge in [-0.1, -0.05) is 28.1 Å². The van der Waals surface area contributed by atoms with Crippen molar-refractivity contribution in [2.45, 2.75) is 24.9 Å². The van der Waals surface area contributed by atoms with E-state index in [2.05, 4.69) is 40.2 Å². The zero-order valence-corrected chi connectivity index (χ0v) is 9.30. The van der Waals surface area contributed by atoms with Gasteiger partial charge in [-0.05, 0) is 37.0 Å². The molecule has 2 heteroatoms. The van der Waals surface area contributed by atoms with Crippen molar-refractivity contribution in [1.82, 2.24) is 0 Å². The normalized spacial score (nSPS) is 19.5. The molecule has 1 aromatic carbocycles. The van der Waals surface area contributed by atoms with Crippen LogP contribution in [0.25, 0.3) is 0 Å². The second-order valence-electron chi connectivity index (χ2n) is 3.56. The van der Waals surface area contributed by atoms with Gasteiger partial charge in [0.25, 0.3) is 0 Å². The van der Waals surface area contributed by atoms with Gasteiger partial charge in [0, 0.05) is 11.6 Å². The van der Waals surface area contributed by atoms with Crippen molar-refractivity contribution in [3.63, 3.8) is 0 Å². The van der Waals surface area contributed by atoms with Crippen LogP contribution in [0, 0.1) is 0 Å². The number of ether oxygens (including phenoxy) is 1. The van der Waals surface area contributed by atoms with E-state index in [0.29, 0.717) is 0 Å². The van der Waals surface area contributed by atoms with Crippen molar-refractivity contribution in [3.05, 3.63) is 34.3 Å². The molecular formula is C11H13BrO. The number of methoxy groups -OCH3 is 1. The number of halogens is 1. The van der Waals surface area contributed by atoms with Crippen molar-refractivity contribution in [3.8, 4) is 0 Å². The van der Waals surface area contributed by atoms with E-state index in [9.17, 15) is 0 Å². The highest BCUT2D eigenvalue weighted by molar-refractivity contribution is 9.10. The first-order chi connectivity index (χ1) is 6.27. The quantitative estimate of drug-likeness (QED) is 0.770. The van der Waals surface area contributed by atoms with Crippen LogP contribution in [-0.2, 0) is 10.3 Å². The van der Waals surface area contributed by atoms with E-state index in [1.165, 1.54) is 12.0 Å². The highest BCUT2D eigenvalue weighted by Gasteiger charge is 2.38. The van der Waals surface area contributed by atoms with E-state index in [1.54, 1.807) is 7.11 Å². The molecule has 1 aliphatic rings. The lowest BCUT2D eigenvalue weighted by Gasteiger charge is -2.41. The second-order valence-corrected chi connectivity index (χ2v) is 4.47. The first kappa shape index (κ1) is 9.22. The molecule has 0 unspecified atom stereocenters. The SMILES string of the molecule is COC1(c2ccc(Br)cc2)CCC1. The predicted molar refractivity (Wildman–Crippen MR) is 56.7 cm³/mol. The molecule has 0 spiro atoms. The summed E-state index contributed by atoms with van der Waals surface area (Å²) >= 11 is 3.43. The smallest absolute Gasteiger partial charge is 0.0927 e. The maximum atomic E-state index is 5.58. The molecule has 0 aliphatic heterocycles. The average molecular weight is 241 g/mol. The Morgan fingerprint density at radius 3 is 2.23 bits per heavy atom. The van der Waals surface area contributed by atoms with E-state index in [-0.39, 0.29) is 5.60 Å². The molecule has 0 atom stereocenters. The summed E-state index contributed by atoms with van der Waals surface area (Å²) in [5, 5.41) is 0. The van der Waals surface area contributed by atoms with Gasteiger partial charge in [0.1, 0.15) is 0 Å². The van der Waals surface area contributed by atoms with Crippen LogP contribution in [0.3, 0.4) is 0 Å². The molecule has 0 heterocycles. The fourth-order valence-electron chi connectivity index (χ4n) is 1.86. The summed E-state index contributed by atoms with van der Waals surface area (Å²) < 4.78 is 6.71. The molecule has 1 aromatic rings. The minimum absolute atomic E-state index is 0.0285. The van der Waals surface area contributed by atoms with E-state index in [0.717, 1.165) is 17.3 Å². The molecule has 0 aromatic heterocycles. The van der Waals surface area contributed by atoms with Crippen LogP contribution in [0.2, 0.25) is 0 Å². The molecule has 13 heavy (non-hydrogen) atoms. The van der Waals surface area contributed by atoms with Crippen LogP contribution >= 0.6 is 15.9 Å². The second kappa shape index (κ2) is 3.43. The summed E-state index contributed by atoms with van der Waals surface area (Å²) in [7, 11) is 1.81. The van der Waals surface area contributed by atoms with Crippen LogP contribution in [0.15, 0.2) is 28.7 Å². The Balaban J connectivity index is 2.28. The Morgan fingerprint density at radius 2 is 1.85 bits per heavy atom. The summed E-state index contributed by atoms with van der Waals surface area (Å²) in [6, 6.07) is 8.45. The van der Waals surface area contributed by atoms with Crippen molar-refractivity contribution < 1.29 is 4.74 Å². The minimum Gasteiger partial charge on any atom is -0.374 e. The first-order valence-electron chi connectivity index (χ1n) is 4.58.